The molecule has 0 aliphatic carbocycles. The second-order valence-electron chi connectivity index (χ2n) is 5.99. The number of fused-ring (bicyclic) bond motifs is 1. The van der Waals surface area contributed by atoms with Crippen LogP contribution in [0.4, 0.5) is 5.82 Å². The molecule has 1 saturated heterocycles. The number of hydrogen-bond donors (Lipinski definition) is 2. The van der Waals surface area contributed by atoms with Crippen LogP contribution in [0.2, 0.25) is 0 Å². The van der Waals surface area contributed by atoms with Crippen LogP contribution in [0.5, 0.6) is 0 Å². The highest BCUT2D eigenvalue weighted by Crippen LogP contribution is 2.26. The van der Waals surface area contributed by atoms with E-state index in [0.29, 0.717) is 0 Å². The Morgan fingerprint density at radius 1 is 1.29 bits per heavy atom. The number of para-hydroxylation sites is 1. The standard InChI is InChI=1S/C17H22N4/c1-12-5-4-9-21(10-8-12)17-14(16(18)19)11-13-6-2-3-7-15(13)20-17/h2-3,6-7,11-12H,4-5,8-10H2,1H3,(H3,18,19). The molecule has 4 heteroatoms. The van der Waals surface area contributed by atoms with Crippen LogP contribution in [0.3, 0.4) is 0 Å². The monoisotopic (exact) mass is 282 g/mol. The molecule has 1 aromatic carbocycles. The third-order valence-electron chi connectivity index (χ3n) is 4.31. The van der Waals surface area contributed by atoms with Gasteiger partial charge in [-0.25, -0.2) is 4.98 Å². The Kier molecular flexibility index (Phi) is 3.78. The zero-order chi connectivity index (χ0) is 14.8. The quantitative estimate of drug-likeness (QED) is 0.657. The van der Waals surface area contributed by atoms with Gasteiger partial charge in [-0.1, -0.05) is 25.1 Å². The summed E-state index contributed by atoms with van der Waals surface area (Å²) in [5.41, 5.74) is 7.52. The van der Waals surface area contributed by atoms with Crippen LogP contribution in [-0.4, -0.2) is 23.9 Å². The van der Waals surface area contributed by atoms with E-state index in [1.165, 1.54) is 19.3 Å². The molecule has 21 heavy (non-hydrogen) atoms. The van der Waals surface area contributed by atoms with Crippen LogP contribution in [0.1, 0.15) is 31.7 Å². The lowest BCUT2D eigenvalue weighted by Gasteiger charge is -2.24. The third kappa shape index (κ3) is 2.84. The molecule has 0 amide bonds. The van der Waals surface area contributed by atoms with Crippen LogP contribution in [0.15, 0.2) is 30.3 Å². The summed E-state index contributed by atoms with van der Waals surface area (Å²) < 4.78 is 0. The molecule has 1 aliphatic rings. The van der Waals surface area contributed by atoms with Crippen molar-refractivity contribution < 1.29 is 0 Å². The molecule has 4 nitrogen and oxygen atoms in total. The van der Waals surface area contributed by atoms with Crippen LogP contribution < -0.4 is 10.6 Å². The minimum atomic E-state index is 0.0977. The Morgan fingerprint density at radius 3 is 2.90 bits per heavy atom. The molecule has 1 aromatic heterocycles. The van der Waals surface area contributed by atoms with Crippen LogP contribution in [-0.2, 0) is 0 Å². The van der Waals surface area contributed by atoms with Crippen LogP contribution >= 0.6 is 0 Å². The van der Waals surface area contributed by atoms with Gasteiger partial charge in [0.15, 0.2) is 0 Å². The molecule has 1 aliphatic heterocycles. The van der Waals surface area contributed by atoms with Gasteiger partial charge in [-0.05, 0) is 37.3 Å². The van der Waals surface area contributed by atoms with E-state index in [0.717, 1.165) is 41.3 Å². The first-order valence-corrected chi connectivity index (χ1v) is 7.64. The Morgan fingerprint density at radius 2 is 2.10 bits per heavy atom. The van der Waals surface area contributed by atoms with Gasteiger partial charge >= 0.3 is 0 Å². The Balaban J connectivity index is 2.06. The number of rotatable bonds is 2. The Hall–Kier alpha value is -2.10. The van der Waals surface area contributed by atoms with Crippen molar-refractivity contribution in [1.82, 2.24) is 4.98 Å². The molecule has 0 bridgehead atoms. The van der Waals surface area contributed by atoms with Crippen LogP contribution in [0.25, 0.3) is 10.9 Å². The lowest BCUT2D eigenvalue weighted by molar-refractivity contribution is 0.521. The van der Waals surface area contributed by atoms with E-state index in [2.05, 4.69) is 11.8 Å². The number of nitrogens with two attached hydrogens (primary N) is 1. The van der Waals surface area contributed by atoms with E-state index in [9.17, 15) is 0 Å². The molecule has 3 rings (SSSR count). The van der Waals surface area contributed by atoms with Gasteiger partial charge in [-0.2, -0.15) is 0 Å². The van der Waals surface area contributed by atoms with E-state index >= 15 is 0 Å². The number of benzene rings is 1. The van der Waals surface area contributed by atoms with Crippen molar-refractivity contribution in [1.29, 1.82) is 5.41 Å². The molecule has 3 N–H and O–H groups in total. The minimum Gasteiger partial charge on any atom is -0.384 e. The topological polar surface area (TPSA) is 66.0 Å². The van der Waals surface area contributed by atoms with Crippen molar-refractivity contribution in [2.24, 2.45) is 11.7 Å². The van der Waals surface area contributed by atoms with Gasteiger partial charge in [-0.15, -0.1) is 0 Å². The molecular formula is C17H22N4. The molecule has 1 atom stereocenters. The Labute approximate surface area is 125 Å². The normalized spacial score (nSPS) is 19.5. The summed E-state index contributed by atoms with van der Waals surface area (Å²) in [4.78, 5) is 7.09. The first-order valence-electron chi connectivity index (χ1n) is 7.64. The summed E-state index contributed by atoms with van der Waals surface area (Å²) in [6.45, 7) is 4.30. The SMILES string of the molecule is CC1CCCN(c2nc3ccccc3cc2C(=N)N)CC1. The van der Waals surface area contributed by atoms with Gasteiger partial charge in [-0.3, -0.25) is 5.41 Å². The fourth-order valence-corrected chi connectivity index (χ4v) is 3.02. The molecule has 0 spiro atoms. The van der Waals surface area contributed by atoms with E-state index in [4.69, 9.17) is 16.1 Å². The molecule has 110 valence electrons. The van der Waals surface area contributed by atoms with E-state index < -0.39 is 0 Å². The maximum absolute atomic E-state index is 7.88. The molecule has 1 fully saturated rings. The average molecular weight is 282 g/mol. The molecule has 2 aromatic rings. The predicted molar refractivity (Wildman–Crippen MR) is 88.0 cm³/mol. The zero-order valence-electron chi connectivity index (χ0n) is 12.5. The number of hydrogen-bond acceptors (Lipinski definition) is 3. The second kappa shape index (κ2) is 5.72. The average Bonchev–Trinajstić information content (AvgIpc) is 2.70. The van der Waals surface area contributed by atoms with Gasteiger partial charge in [0, 0.05) is 18.5 Å². The van der Waals surface area contributed by atoms with E-state index in [-0.39, 0.29) is 5.84 Å². The molecule has 1 unspecified atom stereocenters. The summed E-state index contributed by atoms with van der Waals surface area (Å²) in [5.74, 6) is 1.73. The highest BCUT2D eigenvalue weighted by atomic mass is 15.2. The Bertz CT molecular complexity index is 665. The van der Waals surface area contributed by atoms with Gasteiger partial charge in [0.05, 0.1) is 11.1 Å². The van der Waals surface area contributed by atoms with Crippen molar-refractivity contribution in [3.8, 4) is 0 Å². The van der Waals surface area contributed by atoms with Gasteiger partial charge < -0.3 is 10.6 Å². The van der Waals surface area contributed by atoms with Gasteiger partial charge in [0.2, 0.25) is 0 Å². The van der Waals surface area contributed by atoms with Crippen molar-refractivity contribution in [3.63, 3.8) is 0 Å². The van der Waals surface area contributed by atoms with Crippen molar-refractivity contribution in [3.05, 3.63) is 35.9 Å². The fraction of sp³-hybridized carbons (Fsp3) is 0.412. The molecule has 2 heterocycles. The molecular weight excluding hydrogens is 260 g/mol. The number of pyridine rings is 1. The van der Waals surface area contributed by atoms with E-state index in [1.807, 2.05) is 30.3 Å². The van der Waals surface area contributed by atoms with Crippen molar-refractivity contribution in [2.45, 2.75) is 26.2 Å². The smallest absolute Gasteiger partial charge is 0.140 e. The molecule has 0 radical (unpaired) electrons. The summed E-state index contributed by atoms with van der Waals surface area (Å²) >= 11 is 0. The minimum absolute atomic E-state index is 0.0977. The number of nitrogens with one attached hydrogen (secondary N) is 1. The highest BCUT2D eigenvalue weighted by molar-refractivity contribution is 6.03. The first-order chi connectivity index (χ1) is 10.1. The zero-order valence-corrected chi connectivity index (χ0v) is 12.5. The summed E-state index contributed by atoms with van der Waals surface area (Å²) in [6.07, 6.45) is 3.61. The van der Waals surface area contributed by atoms with E-state index in [1.54, 1.807) is 0 Å². The number of amidine groups is 1. The summed E-state index contributed by atoms with van der Waals surface area (Å²) in [5, 5.41) is 8.91. The number of aromatic nitrogens is 1. The lowest BCUT2D eigenvalue weighted by Crippen LogP contribution is -2.28. The van der Waals surface area contributed by atoms with Gasteiger partial charge in [0.25, 0.3) is 0 Å². The third-order valence-corrected chi connectivity index (χ3v) is 4.31. The summed E-state index contributed by atoms with van der Waals surface area (Å²) in [7, 11) is 0. The maximum Gasteiger partial charge on any atom is 0.140 e. The first kappa shape index (κ1) is 13.9. The summed E-state index contributed by atoms with van der Waals surface area (Å²) in [6, 6.07) is 10.0. The van der Waals surface area contributed by atoms with Crippen molar-refractivity contribution >= 4 is 22.6 Å². The fourth-order valence-electron chi connectivity index (χ4n) is 3.02. The largest absolute Gasteiger partial charge is 0.384 e. The highest BCUT2D eigenvalue weighted by Gasteiger charge is 2.19. The number of nitrogen functional groups attached to an aromatic ring is 1. The molecule has 0 saturated carbocycles. The van der Waals surface area contributed by atoms with Crippen LogP contribution in [0, 0.1) is 11.3 Å². The van der Waals surface area contributed by atoms with Crippen molar-refractivity contribution in [2.75, 3.05) is 18.0 Å². The maximum atomic E-state index is 7.88. The predicted octanol–water partition coefficient (Wildman–Crippen LogP) is 3.15. The van der Waals surface area contributed by atoms with Gasteiger partial charge in [0.1, 0.15) is 11.7 Å². The lowest BCUT2D eigenvalue weighted by atomic mass is 10.0. The number of anilines is 1. The second-order valence-corrected chi connectivity index (χ2v) is 5.99. The number of nitrogens with zero attached hydrogens (tertiary/aromatic N) is 2.